The van der Waals surface area contributed by atoms with E-state index in [0.717, 1.165) is 15.8 Å². The summed E-state index contributed by atoms with van der Waals surface area (Å²) in [5.74, 6) is 0. The highest BCUT2D eigenvalue weighted by Gasteiger charge is 2.20. The molecule has 1 aromatic carbocycles. The highest BCUT2D eigenvalue weighted by atomic mass is 32.1. The lowest BCUT2D eigenvalue weighted by atomic mass is 10.1. The number of hydrogen-bond acceptors (Lipinski definition) is 3. The van der Waals surface area contributed by atoms with Crippen LogP contribution in [-0.4, -0.2) is 4.57 Å². The van der Waals surface area contributed by atoms with E-state index in [0.29, 0.717) is 0 Å². The van der Waals surface area contributed by atoms with Crippen LogP contribution in [0.25, 0.3) is 30.9 Å². The van der Waals surface area contributed by atoms with Crippen LogP contribution in [0, 0.1) is 11.3 Å². The molecule has 0 N–H and O–H groups in total. The molecule has 4 rings (SSSR count). The van der Waals surface area contributed by atoms with Crippen LogP contribution in [0.3, 0.4) is 0 Å². The van der Waals surface area contributed by atoms with Gasteiger partial charge in [-0.2, -0.15) is 5.26 Å². The summed E-state index contributed by atoms with van der Waals surface area (Å²) in [6.45, 7) is 0. The molecular weight excluding hydrogens is 284 g/mol. The van der Waals surface area contributed by atoms with Crippen molar-refractivity contribution in [2.45, 2.75) is 0 Å². The zero-order valence-electron chi connectivity index (χ0n) is 10.8. The van der Waals surface area contributed by atoms with E-state index in [2.05, 4.69) is 41.3 Å². The summed E-state index contributed by atoms with van der Waals surface area (Å²) in [7, 11) is 2.07. The van der Waals surface area contributed by atoms with Crippen LogP contribution in [0.15, 0.2) is 41.8 Å². The lowest BCUT2D eigenvalue weighted by molar-refractivity contribution is 1.02. The topological polar surface area (TPSA) is 28.7 Å². The summed E-state index contributed by atoms with van der Waals surface area (Å²) in [5, 5.41) is 13.9. The van der Waals surface area contributed by atoms with Gasteiger partial charge in [0.15, 0.2) is 0 Å². The number of thiophene rings is 2. The first-order chi connectivity index (χ1) is 9.81. The number of nitriles is 1. The number of nitrogens with zero attached hydrogens (tertiary/aromatic N) is 2. The predicted octanol–water partition coefficient (Wildman–Crippen LogP) is 4.99. The van der Waals surface area contributed by atoms with Gasteiger partial charge in [-0.05, 0) is 17.5 Å². The van der Waals surface area contributed by atoms with Crippen LogP contribution < -0.4 is 0 Å². The highest BCUT2D eigenvalue weighted by Crippen LogP contribution is 2.43. The Hall–Kier alpha value is -2.09. The third kappa shape index (κ3) is 1.42. The molecule has 0 saturated heterocycles. The van der Waals surface area contributed by atoms with E-state index in [1.807, 2.05) is 18.2 Å². The van der Waals surface area contributed by atoms with Gasteiger partial charge >= 0.3 is 0 Å². The number of hydrogen-bond donors (Lipinski definition) is 0. The van der Waals surface area contributed by atoms with Crippen molar-refractivity contribution in [3.05, 3.63) is 47.3 Å². The van der Waals surface area contributed by atoms with Crippen molar-refractivity contribution in [2.75, 3.05) is 0 Å². The van der Waals surface area contributed by atoms with Crippen molar-refractivity contribution in [2.24, 2.45) is 7.05 Å². The summed E-state index contributed by atoms with van der Waals surface area (Å²) in [4.78, 5) is 3.44. The predicted molar refractivity (Wildman–Crippen MR) is 86.3 cm³/mol. The SMILES string of the molecule is Cn1c2ccccc2c2c(C#N)c(-c3cccs3)sc21. The molecule has 0 atom stereocenters. The molecule has 0 saturated carbocycles. The molecule has 0 unspecified atom stereocenters. The molecule has 4 heteroatoms. The number of para-hydroxylation sites is 1. The molecule has 4 aromatic rings. The molecule has 0 radical (unpaired) electrons. The smallest absolute Gasteiger partial charge is 0.105 e. The maximum atomic E-state index is 9.62. The van der Waals surface area contributed by atoms with Gasteiger partial charge in [-0.15, -0.1) is 22.7 Å². The lowest BCUT2D eigenvalue weighted by Crippen LogP contribution is -1.83. The van der Waals surface area contributed by atoms with E-state index < -0.39 is 0 Å². The molecular formula is C16H10N2S2. The summed E-state index contributed by atoms with van der Waals surface area (Å²) >= 11 is 3.39. The van der Waals surface area contributed by atoms with Gasteiger partial charge in [0.25, 0.3) is 0 Å². The van der Waals surface area contributed by atoms with Gasteiger partial charge in [0, 0.05) is 28.2 Å². The Morgan fingerprint density at radius 2 is 2.00 bits per heavy atom. The molecule has 0 amide bonds. The first-order valence-electron chi connectivity index (χ1n) is 6.25. The lowest BCUT2D eigenvalue weighted by Gasteiger charge is -1.97. The zero-order chi connectivity index (χ0) is 13.7. The van der Waals surface area contributed by atoms with Crippen LogP contribution in [0.2, 0.25) is 0 Å². The van der Waals surface area contributed by atoms with Crippen molar-refractivity contribution < 1.29 is 0 Å². The van der Waals surface area contributed by atoms with Gasteiger partial charge in [-0.3, -0.25) is 0 Å². The third-order valence-electron chi connectivity index (χ3n) is 3.59. The maximum absolute atomic E-state index is 9.62. The molecule has 96 valence electrons. The zero-order valence-corrected chi connectivity index (χ0v) is 12.4. The minimum Gasteiger partial charge on any atom is -0.335 e. The Morgan fingerprint density at radius 3 is 2.75 bits per heavy atom. The van der Waals surface area contributed by atoms with E-state index >= 15 is 0 Å². The molecule has 0 spiro atoms. The molecule has 20 heavy (non-hydrogen) atoms. The number of rotatable bonds is 1. The van der Waals surface area contributed by atoms with E-state index in [-0.39, 0.29) is 0 Å². The van der Waals surface area contributed by atoms with Crippen molar-refractivity contribution >= 4 is 43.8 Å². The standard InChI is InChI=1S/C16H10N2S2/c1-18-12-6-3-2-5-10(12)14-11(9-17)15(20-16(14)18)13-7-4-8-19-13/h2-8H,1H3. The molecule has 0 aliphatic carbocycles. The quantitative estimate of drug-likeness (QED) is 0.486. The average Bonchev–Trinajstić information content (AvgIpc) is 3.16. The first-order valence-corrected chi connectivity index (χ1v) is 7.94. The Balaban J connectivity index is 2.21. The van der Waals surface area contributed by atoms with Gasteiger partial charge in [-0.25, -0.2) is 0 Å². The summed E-state index contributed by atoms with van der Waals surface area (Å²) in [6, 6.07) is 14.8. The maximum Gasteiger partial charge on any atom is 0.105 e. The molecule has 0 aliphatic rings. The fourth-order valence-corrected chi connectivity index (χ4v) is 4.78. The van der Waals surface area contributed by atoms with Crippen molar-refractivity contribution in [3.8, 4) is 15.8 Å². The van der Waals surface area contributed by atoms with Crippen LogP contribution >= 0.6 is 22.7 Å². The number of benzene rings is 1. The van der Waals surface area contributed by atoms with E-state index in [9.17, 15) is 5.26 Å². The Bertz CT molecular complexity index is 966. The summed E-state index contributed by atoms with van der Waals surface area (Å²) in [5.41, 5.74) is 1.99. The van der Waals surface area contributed by atoms with Gasteiger partial charge in [0.2, 0.25) is 0 Å². The highest BCUT2D eigenvalue weighted by molar-refractivity contribution is 7.26. The van der Waals surface area contributed by atoms with Crippen LogP contribution in [0.4, 0.5) is 0 Å². The summed E-state index contributed by atoms with van der Waals surface area (Å²) in [6.07, 6.45) is 0. The largest absolute Gasteiger partial charge is 0.335 e. The molecule has 0 fully saturated rings. The Kier molecular flexibility index (Phi) is 2.46. The van der Waals surface area contributed by atoms with Gasteiger partial charge in [0.05, 0.1) is 10.4 Å². The molecule has 3 heterocycles. The van der Waals surface area contributed by atoms with Crippen LogP contribution in [0.1, 0.15) is 5.56 Å². The second kappa shape index (κ2) is 4.20. The molecule has 2 nitrogen and oxygen atoms in total. The van der Waals surface area contributed by atoms with Crippen LogP contribution in [0.5, 0.6) is 0 Å². The summed E-state index contributed by atoms with van der Waals surface area (Å²) < 4.78 is 2.19. The second-order valence-corrected chi connectivity index (χ2v) is 6.60. The minimum atomic E-state index is 0.809. The first kappa shape index (κ1) is 11.7. The van der Waals surface area contributed by atoms with Crippen LogP contribution in [-0.2, 0) is 7.05 Å². The number of aromatic nitrogens is 1. The van der Waals surface area contributed by atoms with Crippen molar-refractivity contribution in [1.82, 2.24) is 4.57 Å². The fourth-order valence-electron chi connectivity index (χ4n) is 2.68. The van der Waals surface area contributed by atoms with E-state index in [1.54, 1.807) is 22.7 Å². The third-order valence-corrected chi connectivity index (χ3v) is 5.90. The molecule has 0 bridgehead atoms. The second-order valence-electron chi connectivity index (χ2n) is 4.65. The normalized spacial score (nSPS) is 11.2. The van der Waals surface area contributed by atoms with Crippen molar-refractivity contribution in [3.63, 3.8) is 0 Å². The van der Waals surface area contributed by atoms with E-state index in [1.165, 1.54) is 20.6 Å². The molecule has 0 aliphatic heterocycles. The fraction of sp³-hybridized carbons (Fsp3) is 0.0625. The van der Waals surface area contributed by atoms with Gasteiger partial charge in [0.1, 0.15) is 10.9 Å². The molecule has 3 aromatic heterocycles. The minimum absolute atomic E-state index is 0.809. The van der Waals surface area contributed by atoms with Gasteiger partial charge < -0.3 is 4.57 Å². The van der Waals surface area contributed by atoms with E-state index in [4.69, 9.17) is 0 Å². The Morgan fingerprint density at radius 1 is 1.15 bits per heavy atom. The number of fused-ring (bicyclic) bond motifs is 3. The monoisotopic (exact) mass is 294 g/mol. The van der Waals surface area contributed by atoms with Crippen molar-refractivity contribution in [1.29, 1.82) is 5.26 Å². The average molecular weight is 294 g/mol. The van der Waals surface area contributed by atoms with Gasteiger partial charge in [-0.1, -0.05) is 24.3 Å². The Labute approximate surface area is 124 Å². The number of aryl methyl sites for hydroxylation is 1.